The van der Waals surface area contributed by atoms with Crippen LogP contribution < -0.4 is 5.32 Å². The van der Waals surface area contributed by atoms with Crippen LogP contribution in [0.5, 0.6) is 0 Å². The van der Waals surface area contributed by atoms with Crippen LogP contribution in [0, 0.1) is 0 Å². The van der Waals surface area contributed by atoms with Gasteiger partial charge in [0.15, 0.2) is 0 Å². The highest BCUT2D eigenvalue weighted by atomic mass is 35.5. The molecular weight excluding hydrogens is 371 g/mol. The van der Waals surface area contributed by atoms with E-state index < -0.39 is 4.33 Å². The lowest BCUT2D eigenvalue weighted by Crippen LogP contribution is -2.27. The first-order chi connectivity index (χ1) is 12.2. The monoisotopic (exact) mass is 384 g/mol. The lowest BCUT2D eigenvalue weighted by atomic mass is 9.98. The van der Waals surface area contributed by atoms with Crippen LogP contribution in [0.4, 0.5) is 0 Å². The third kappa shape index (κ3) is 3.15. The second-order valence-corrected chi connectivity index (χ2v) is 8.01. The van der Waals surface area contributed by atoms with Crippen LogP contribution in [0.15, 0.2) is 87.8 Å². The molecule has 0 saturated heterocycles. The van der Waals surface area contributed by atoms with Crippen molar-refractivity contribution in [1.82, 2.24) is 5.32 Å². The minimum atomic E-state index is -1.03. The van der Waals surface area contributed by atoms with Gasteiger partial charge in [0.25, 0.3) is 0 Å². The summed E-state index contributed by atoms with van der Waals surface area (Å²) in [5.41, 5.74) is 1.75. The van der Waals surface area contributed by atoms with Crippen LogP contribution in [-0.4, -0.2) is 10.7 Å². The van der Waals surface area contributed by atoms with E-state index >= 15 is 0 Å². The SMILES string of the molecule is ClC1=C(c2cccc3ccccc23)[C@@](Cl)(Sc2ccccc2)N=CN1. The van der Waals surface area contributed by atoms with E-state index in [1.54, 1.807) is 6.34 Å². The zero-order valence-corrected chi connectivity index (χ0v) is 15.4. The second kappa shape index (κ2) is 6.75. The highest BCUT2D eigenvalue weighted by Crippen LogP contribution is 2.50. The van der Waals surface area contributed by atoms with E-state index in [1.165, 1.54) is 11.8 Å². The first-order valence-electron chi connectivity index (χ1n) is 7.79. The summed E-state index contributed by atoms with van der Waals surface area (Å²) >= 11 is 15.0. The predicted molar refractivity (Wildman–Crippen MR) is 109 cm³/mol. The molecule has 0 spiro atoms. The van der Waals surface area contributed by atoms with Crippen LogP contribution in [0.1, 0.15) is 5.56 Å². The Kier molecular flexibility index (Phi) is 4.46. The van der Waals surface area contributed by atoms with E-state index in [0.29, 0.717) is 5.16 Å². The zero-order valence-electron chi connectivity index (χ0n) is 13.1. The molecule has 25 heavy (non-hydrogen) atoms. The number of fused-ring (bicyclic) bond motifs is 1. The lowest BCUT2D eigenvalue weighted by Gasteiger charge is -2.30. The van der Waals surface area contributed by atoms with Crippen molar-refractivity contribution < 1.29 is 0 Å². The first kappa shape index (κ1) is 16.5. The molecule has 0 amide bonds. The molecule has 1 heterocycles. The summed E-state index contributed by atoms with van der Waals surface area (Å²) in [5, 5.41) is 5.71. The third-order valence-electron chi connectivity index (χ3n) is 4.01. The third-order valence-corrected chi connectivity index (χ3v) is 5.91. The molecule has 1 aliphatic heterocycles. The number of alkyl halides is 1. The number of benzene rings is 3. The Bertz CT molecular complexity index is 980. The number of nitrogens with zero attached hydrogens (tertiary/aromatic N) is 1. The Morgan fingerprint density at radius 2 is 1.60 bits per heavy atom. The van der Waals surface area contributed by atoms with Crippen LogP contribution in [0.25, 0.3) is 16.3 Å². The Labute approximate surface area is 160 Å². The van der Waals surface area contributed by atoms with Crippen molar-refractivity contribution in [3.05, 3.63) is 83.5 Å². The number of hydrogen-bond acceptors (Lipinski definition) is 3. The number of hydrogen-bond donors (Lipinski definition) is 1. The lowest BCUT2D eigenvalue weighted by molar-refractivity contribution is 1.01. The van der Waals surface area contributed by atoms with Crippen molar-refractivity contribution >= 4 is 57.6 Å². The normalized spacial score (nSPS) is 19.9. The fourth-order valence-electron chi connectivity index (χ4n) is 2.89. The molecule has 124 valence electrons. The molecule has 0 fully saturated rings. The van der Waals surface area contributed by atoms with Crippen molar-refractivity contribution in [3.63, 3.8) is 0 Å². The van der Waals surface area contributed by atoms with Gasteiger partial charge in [-0.05, 0) is 28.5 Å². The first-order valence-corrected chi connectivity index (χ1v) is 9.36. The number of nitrogens with one attached hydrogen (secondary N) is 1. The van der Waals surface area contributed by atoms with Crippen molar-refractivity contribution in [3.8, 4) is 0 Å². The summed E-state index contributed by atoms with van der Waals surface area (Å²) < 4.78 is -1.03. The van der Waals surface area contributed by atoms with E-state index in [2.05, 4.69) is 28.5 Å². The van der Waals surface area contributed by atoms with Gasteiger partial charge in [-0.25, -0.2) is 4.99 Å². The van der Waals surface area contributed by atoms with Gasteiger partial charge in [0.2, 0.25) is 4.33 Å². The molecule has 0 aliphatic carbocycles. The molecule has 1 N–H and O–H groups in total. The Morgan fingerprint density at radius 1 is 0.880 bits per heavy atom. The van der Waals surface area contributed by atoms with Gasteiger partial charge in [-0.2, -0.15) is 0 Å². The topological polar surface area (TPSA) is 24.4 Å². The van der Waals surface area contributed by atoms with Gasteiger partial charge in [-0.1, -0.05) is 95.6 Å². The number of thioether (sulfide) groups is 1. The molecule has 2 nitrogen and oxygen atoms in total. The summed E-state index contributed by atoms with van der Waals surface area (Å²) in [6.07, 6.45) is 1.56. The van der Waals surface area contributed by atoms with Gasteiger partial charge >= 0.3 is 0 Å². The van der Waals surface area contributed by atoms with E-state index in [1.807, 2.05) is 54.6 Å². The molecular formula is C20H14Cl2N2S. The van der Waals surface area contributed by atoms with E-state index in [0.717, 1.165) is 26.8 Å². The van der Waals surface area contributed by atoms with Gasteiger partial charge in [0.1, 0.15) is 5.16 Å². The van der Waals surface area contributed by atoms with E-state index in [-0.39, 0.29) is 0 Å². The van der Waals surface area contributed by atoms with Gasteiger partial charge < -0.3 is 5.32 Å². The van der Waals surface area contributed by atoms with Crippen LogP contribution >= 0.6 is 35.0 Å². The molecule has 0 bridgehead atoms. The van der Waals surface area contributed by atoms with E-state index in [4.69, 9.17) is 23.2 Å². The summed E-state index contributed by atoms with van der Waals surface area (Å²) in [7, 11) is 0. The molecule has 0 radical (unpaired) electrons. The van der Waals surface area contributed by atoms with Gasteiger partial charge in [0.05, 0.1) is 6.34 Å². The summed E-state index contributed by atoms with van der Waals surface area (Å²) in [6, 6.07) is 24.3. The zero-order chi connectivity index (χ0) is 17.3. The summed E-state index contributed by atoms with van der Waals surface area (Å²) in [5.74, 6) is 0. The standard InChI is InChI=1S/C20H14Cl2N2S/c21-19-18(17-12-6-8-14-7-4-5-11-16(14)17)20(22,24-13-23-19)25-15-9-2-1-3-10-15/h1-13H,(H,23,24)/t20-/m0/s1. The average Bonchev–Trinajstić information content (AvgIpc) is 2.62. The Balaban J connectivity index is 1.87. The van der Waals surface area contributed by atoms with Gasteiger partial charge in [-0.15, -0.1) is 0 Å². The predicted octanol–water partition coefficient (Wildman–Crippen LogP) is 6.06. The fourth-order valence-corrected chi connectivity index (χ4v) is 4.82. The van der Waals surface area contributed by atoms with Crippen LogP contribution in [0.3, 0.4) is 0 Å². The molecule has 5 heteroatoms. The maximum Gasteiger partial charge on any atom is 0.214 e. The summed E-state index contributed by atoms with van der Waals surface area (Å²) in [4.78, 5) is 5.55. The van der Waals surface area contributed by atoms with Crippen LogP contribution in [0.2, 0.25) is 0 Å². The molecule has 3 aromatic rings. The Morgan fingerprint density at radius 3 is 2.44 bits per heavy atom. The smallest absolute Gasteiger partial charge is 0.214 e. The average molecular weight is 385 g/mol. The molecule has 0 unspecified atom stereocenters. The quantitative estimate of drug-likeness (QED) is 0.438. The second-order valence-electron chi connectivity index (χ2n) is 5.59. The highest BCUT2D eigenvalue weighted by molar-refractivity contribution is 8.02. The van der Waals surface area contributed by atoms with Crippen molar-refractivity contribution in [2.75, 3.05) is 0 Å². The molecule has 1 atom stereocenters. The summed E-state index contributed by atoms with van der Waals surface area (Å²) in [6.45, 7) is 0. The molecule has 3 aromatic carbocycles. The van der Waals surface area contributed by atoms with Crippen molar-refractivity contribution in [2.24, 2.45) is 4.99 Å². The number of aliphatic imine (C=N–C) groups is 1. The number of halogens is 2. The Hall–Kier alpha value is -1.94. The van der Waals surface area contributed by atoms with Crippen LogP contribution in [-0.2, 0) is 0 Å². The van der Waals surface area contributed by atoms with Crippen molar-refractivity contribution in [1.29, 1.82) is 0 Å². The highest BCUT2D eigenvalue weighted by Gasteiger charge is 2.38. The minimum Gasteiger partial charge on any atom is -0.337 e. The molecule has 1 aliphatic rings. The molecule has 4 rings (SSSR count). The van der Waals surface area contributed by atoms with Gasteiger partial charge in [0, 0.05) is 10.5 Å². The maximum absolute atomic E-state index is 6.99. The maximum atomic E-state index is 6.99. The molecule has 0 aromatic heterocycles. The molecule has 0 saturated carbocycles. The fraction of sp³-hybridized carbons (Fsp3) is 0.0500. The van der Waals surface area contributed by atoms with Gasteiger partial charge in [-0.3, -0.25) is 0 Å². The van der Waals surface area contributed by atoms with Crippen molar-refractivity contribution in [2.45, 2.75) is 9.23 Å². The minimum absolute atomic E-state index is 0.491. The largest absolute Gasteiger partial charge is 0.337 e. The van der Waals surface area contributed by atoms with E-state index in [9.17, 15) is 0 Å². The number of rotatable bonds is 3.